The number of hydrogen-bond acceptors (Lipinski definition) is 3. The highest BCUT2D eigenvalue weighted by atomic mass is 16.7. The van der Waals surface area contributed by atoms with Crippen molar-refractivity contribution in [1.29, 1.82) is 0 Å². The van der Waals surface area contributed by atoms with Gasteiger partial charge in [0.25, 0.3) is 0 Å². The van der Waals surface area contributed by atoms with Crippen LogP contribution in [0.25, 0.3) is 33.1 Å². The van der Waals surface area contributed by atoms with Crippen molar-refractivity contribution in [1.82, 2.24) is 14.9 Å². The minimum absolute atomic E-state index is 0.439. The zero-order chi connectivity index (χ0) is 18.9. The number of pyridine rings is 1. The molecule has 5 aromatic rings. The third-order valence-electron chi connectivity index (χ3n) is 4.90. The van der Waals surface area contributed by atoms with Crippen LogP contribution < -0.4 is 4.84 Å². The monoisotopic (exact) mass is 365 g/mol. The van der Waals surface area contributed by atoms with Crippen molar-refractivity contribution in [2.24, 2.45) is 0 Å². The van der Waals surface area contributed by atoms with Crippen LogP contribution in [0.3, 0.4) is 0 Å². The van der Waals surface area contributed by atoms with E-state index in [1.54, 1.807) is 4.85 Å². The molecule has 0 radical (unpaired) electrons. The van der Waals surface area contributed by atoms with E-state index in [4.69, 9.17) is 14.9 Å². The standard InChI is InChI=1S/C24H19N3O/c1-17-11-13-19(14-12-17)22-23-24(21-10-6-5-9-20(21)15-25-23)27(26-22)28-16-18-7-3-2-4-8-18/h2-15H,16H2,1H3. The maximum Gasteiger partial charge on any atom is 0.142 e. The predicted molar refractivity (Wildman–Crippen MR) is 112 cm³/mol. The van der Waals surface area contributed by atoms with Crippen LogP contribution in [0.5, 0.6) is 0 Å². The van der Waals surface area contributed by atoms with E-state index in [9.17, 15) is 0 Å². The Morgan fingerprint density at radius 1 is 0.857 bits per heavy atom. The summed E-state index contributed by atoms with van der Waals surface area (Å²) >= 11 is 0. The molecule has 0 N–H and O–H groups in total. The molecule has 0 saturated heterocycles. The fraction of sp³-hybridized carbons (Fsp3) is 0.0833. The molecule has 2 heterocycles. The number of aromatic nitrogens is 3. The lowest BCUT2D eigenvalue weighted by molar-refractivity contribution is 0.0804. The van der Waals surface area contributed by atoms with Crippen molar-refractivity contribution in [2.75, 3.05) is 0 Å². The number of hydrogen-bond donors (Lipinski definition) is 0. The van der Waals surface area contributed by atoms with E-state index in [0.29, 0.717) is 6.61 Å². The number of benzene rings is 3. The summed E-state index contributed by atoms with van der Waals surface area (Å²) in [6, 6.07) is 26.6. The Bertz CT molecular complexity index is 1260. The molecular formula is C24H19N3O. The molecule has 4 nitrogen and oxygen atoms in total. The van der Waals surface area contributed by atoms with Crippen molar-refractivity contribution < 1.29 is 4.84 Å². The zero-order valence-electron chi connectivity index (χ0n) is 15.5. The normalized spacial score (nSPS) is 11.2. The van der Waals surface area contributed by atoms with Gasteiger partial charge in [0.1, 0.15) is 23.3 Å². The maximum atomic E-state index is 6.10. The van der Waals surface area contributed by atoms with Crippen LogP contribution in [-0.4, -0.2) is 14.9 Å². The zero-order valence-corrected chi connectivity index (χ0v) is 15.5. The van der Waals surface area contributed by atoms with Crippen LogP contribution in [0, 0.1) is 6.92 Å². The van der Waals surface area contributed by atoms with Gasteiger partial charge in [0, 0.05) is 22.5 Å². The Balaban J connectivity index is 1.68. The molecule has 0 aliphatic rings. The minimum atomic E-state index is 0.439. The molecule has 0 atom stereocenters. The van der Waals surface area contributed by atoms with Gasteiger partial charge in [-0.05, 0) is 12.5 Å². The number of aryl methyl sites for hydroxylation is 1. The summed E-state index contributed by atoms with van der Waals surface area (Å²) in [4.78, 5) is 12.5. The van der Waals surface area contributed by atoms with Gasteiger partial charge in [0.2, 0.25) is 0 Å². The van der Waals surface area contributed by atoms with Crippen LogP contribution in [0.2, 0.25) is 0 Å². The second-order valence-corrected chi connectivity index (χ2v) is 6.89. The number of nitrogens with zero attached hydrogens (tertiary/aromatic N) is 3. The van der Waals surface area contributed by atoms with Crippen LogP contribution in [0.1, 0.15) is 11.1 Å². The fourth-order valence-corrected chi connectivity index (χ4v) is 3.41. The first-order valence-electron chi connectivity index (χ1n) is 9.30. The maximum absolute atomic E-state index is 6.10. The first kappa shape index (κ1) is 16.5. The molecule has 0 spiro atoms. The Kier molecular flexibility index (Phi) is 4.02. The second kappa shape index (κ2) is 6.82. The third kappa shape index (κ3) is 2.89. The highest BCUT2D eigenvalue weighted by molar-refractivity contribution is 6.07. The van der Waals surface area contributed by atoms with Crippen LogP contribution in [0.4, 0.5) is 0 Å². The van der Waals surface area contributed by atoms with Gasteiger partial charge in [-0.2, -0.15) is 0 Å². The first-order chi connectivity index (χ1) is 13.8. The molecule has 3 aromatic carbocycles. The van der Waals surface area contributed by atoms with Gasteiger partial charge in [-0.1, -0.05) is 89.3 Å². The molecule has 0 bridgehead atoms. The lowest BCUT2D eigenvalue weighted by atomic mass is 10.1. The molecular weight excluding hydrogens is 346 g/mol. The van der Waals surface area contributed by atoms with Crippen molar-refractivity contribution in [2.45, 2.75) is 13.5 Å². The van der Waals surface area contributed by atoms with Crippen molar-refractivity contribution in [3.63, 3.8) is 0 Å². The van der Waals surface area contributed by atoms with Crippen LogP contribution in [0.15, 0.2) is 85.1 Å². The second-order valence-electron chi connectivity index (χ2n) is 6.89. The smallest absolute Gasteiger partial charge is 0.142 e. The molecule has 136 valence electrons. The van der Waals surface area contributed by atoms with Crippen LogP contribution in [-0.2, 0) is 6.61 Å². The molecule has 0 saturated carbocycles. The highest BCUT2D eigenvalue weighted by Gasteiger charge is 2.17. The van der Waals surface area contributed by atoms with Crippen LogP contribution >= 0.6 is 0 Å². The Hall–Kier alpha value is -3.66. The highest BCUT2D eigenvalue weighted by Crippen LogP contribution is 2.31. The predicted octanol–water partition coefficient (Wildman–Crippen LogP) is 5.19. The summed E-state index contributed by atoms with van der Waals surface area (Å²) in [6.45, 7) is 2.52. The lowest BCUT2D eigenvalue weighted by Gasteiger charge is -2.07. The molecule has 0 amide bonds. The summed E-state index contributed by atoms with van der Waals surface area (Å²) in [6.07, 6.45) is 1.90. The Labute approximate surface area is 163 Å². The molecule has 0 fully saturated rings. The van der Waals surface area contributed by atoms with Gasteiger partial charge in [-0.3, -0.25) is 4.98 Å². The van der Waals surface area contributed by atoms with Gasteiger partial charge < -0.3 is 4.84 Å². The van der Waals surface area contributed by atoms with Crippen molar-refractivity contribution in [3.8, 4) is 11.3 Å². The topological polar surface area (TPSA) is 39.9 Å². The minimum Gasteiger partial charge on any atom is -0.391 e. The van der Waals surface area contributed by atoms with E-state index >= 15 is 0 Å². The molecule has 5 rings (SSSR count). The SMILES string of the molecule is Cc1ccc(-c2nn(OCc3ccccc3)c3c2ncc2ccccc23)cc1. The summed E-state index contributed by atoms with van der Waals surface area (Å²) in [5.41, 5.74) is 5.90. The molecule has 4 heteroatoms. The Morgan fingerprint density at radius 2 is 1.61 bits per heavy atom. The van der Waals surface area contributed by atoms with E-state index in [-0.39, 0.29) is 0 Å². The lowest BCUT2D eigenvalue weighted by Crippen LogP contribution is -2.13. The van der Waals surface area contributed by atoms with E-state index in [1.807, 2.05) is 48.7 Å². The summed E-state index contributed by atoms with van der Waals surface area (Å²) in [5, 5.41) is 6.93. The summed E-state index contributed by atoms with van der Waals surface area (Å²) in [7, 11) is 0. The van der Waals surface area contributed by atoms with Gasteiger partial charge >= 0.3 is 0 Å². The molecule has 0 unspecified atom stereocenters. The molecule has 0 aliphatic carbocycles. The first-order valence-corrected chi connectivity index (χ1v) is 9.30. The van der Waals surface area contributed by atoms with E-state index in [1.165, 1.54) is 5.56 Å². The Morgan fingerprint density at radius 3 is 2.43 bits per heavy atom. The van der Waals surface area contributed by atoms with Gasteiger partial charge in [0.15, 0.2) is 0 Å². The average Bonchev–Trinajstić information content (AvgIpc) is 3.13. The summed E-state index contributed by atoms with van der Waals surface area (Å²) < 4.78 is 0. The average molecular weight is 365 g/mol. The summed E-state index contributed by atoms with van der Waals surface area (Å²) in [5.74, 6) is 0. The fourth-order valence-electron chi connectivity index (χ4n) is 3.41. The van der Waals surface area contributed by atoms with E-state index in [2.05, 4.69) is 43.3 Å². The molecule has 0 aliphatic heterocycles. The largest absolute Gasteiger partial charge is 0.391 e. The van der Waals surface area contributed by atoms with E-state index < -0.39 is 0 Å². The van der Waals surface area contributed by atoms with E-state index in [0.717, 1.165) is 38.6 Å². The van der Waals surface area contributed by atoms with Gasteiger partial charge in [-0.25, -0.2) is 0 Å². The quantitative estimate of drug-likeness (QED) is 0.440. The van der Waals surface area contributed by atoms with Gasteiger partial charge in [-0.15, -0.1) is 5.10 Å². The number of rotatable bonds is 4. The van der Waals surface area contributed by atoms with Gasteiger partial charge in [0.05, 0.1) is 0 Å². The van der Waals surface area contributed by atoms with Crippen molar-refractivity contribution >= 4 is 21.8 Å². The molecule has 2 aromatic heterocycles. The van der Waals surface area contributed by atoms with Crippen molar-refractivity contribution in [3.05, 3.63) is 96.2 Å². The molecule has 28 heavy (non-hydrogen) atoms. The third-order valence-corrected chi connectivity index (χ3v) is 4.90. The number of fused-ring (bicyclic) bond motifs is 3.